The molecule has 6 nitrogen and oxygen atoms in total. The Morgan fingerprint density at radius 1 is 1.03 bits per heavy atom. The summed E-state index contributed by atoms with van der Waals surface area (Å²) in [5.41, 5.74) is 1.32. The monoisotopic (exact) mass is 569 g/mol. The van der Waals surface area contributed by atoms with E-state index < -0.39 is 27.9 Å². The van der Waals surface area contributed by atoms with E-state index in [9.17, 15) is 9.59 Å². The summed E-state index contributed by atoms with van der Waals surface area (Å²) < 4.78 is 17.9. The molecule has 0 aliphatic carbocycles. The van der Waals surface area contributed by atoms with Crippen molar-refractivity contribution in [1.29, 1.82) is 0 Å². The van der Waals surface area contributed by atoms with Crippen molar-refractivity contribution in [2.45, 2.75) is 43.6 Å². The molecule has 3 atom stereocenters. The number of carbonyl (C=O) groups excluding carboxylic acids is 2. The van der Waals surface area contributed by atoms with Gasteiger partial charge in [0.25, 0.3) is 0 Å². The lowest BCUT2D eigenvalue weighted by molar-refractivity contribution is -0.177. The van der Waals surface area contributed by atoms with Gasteiger partial charge in [-0.05, 0) is 51.0 Å². The van der Waals surface area contributed by atoms with Gasteiger partial charge in [0.15, 0.2) is 5.60 Å². The lowest BCUT2D eigenvalue weighted by Gasteiger charge is -2.46. The van der Waals surface area contributed by atoms with E-state index in [0.29, 0.717) is 17.8 Å². The maximum absolute atomic E-state index is 13.7. The van der Waals surface area contributed by atoms with E-state index in [1.165, 1.54) is 14.2 Å². The average Bonchev–Trinajstić information content (AvgIpc) is 3.36. The molecule has 0 fully saturated rings. The SMILES string of the molecule is CCN1C(C)=C(C)SC(C)(c2ccc(Br)cc2)[C@]23O[C@](C(=O)OC)(C(C(=O)OC)=C12)c1ccccc13. The summed E-state index contributed by atoms with van der Waals surface area (Å²) in [5.74, 6) is -1.26. The Bertz CT molecular complexity index is 1350. The summed E-state index contributed by atoms with van der Waals surface area (Å²) in [5, 5.41) is 0. The lowest BCUT2D eigenvalue weighted by atomic mass is 9.68. The van der Waals surface area contributed by atoms with E-state index in [1.807, 2.05) is 50.2 Å². The van der Waals surface area contributed by atoms with Crippen molar-refractivity contribution in [3.05, 3.63) is 91.6 Å². The van der Waals surface area contributed by atoms with E-state index in [1.54, 1.807) is 11.8 Å². The fourth-order valence-corrected chi connectivity index (χ4v) is 7.80. The van der Waals surface area contributed by atoms with Crippen LogP contribution in [-0.4, -0.2) is 37.6 Å². The molecule has 2 aromatic carbocycles. The maximum Gasteiger partial charge on any atom is 0.348 e. The number of benzene rings is 2. The van der Waals surface area contributed by atoms with E-state index in [-0.39, 0.29) is 5.57 Å². The lowest BCUT2D eigenvalue weighted by Crippen LogP contribution is -2.48. The summed E-state index contributed by atoms with van der Waals surface area (Å²) in [6.07, 6.45) is 0. The van der Waals surface area contributed by atoms with Crippen molar-refractivity contribution in [2.75, 3.05) is 20.8 Å². The predicted octanol–water partition coefficient (Wildman–Crippen LogP) is 5.72. The summed E-state index contributed by atoms with van der Waals surface area (Å²) >= 11 is 5.24. The number of methoxy groups -OCH3 is 2. The van der Waals surface area contributed by atoms with Crippen LogP contribution < -0.4 is 0 Å². The van der Waals surface area contributed by atoms with Crippen LogP contribution in [0.1, 0.15) is 44.4 Å². The van der Waals surface area contributed by atoms with Gasteiger partial charge in [-0.1, -0.05) is 52.3 Å². The molecule has 0 amide bonds. The normalized spacial score (nSPS) is 28.6. The smallest absolute Gasteiger partial charge is 0.348 e. The topological polar surface area (TPSA) is 65.1 Å². The molecule has 0 saturated carbocycles. The summed E-state index contributed by atoms with van der Waals surface area (Å²) in [6, 6.07) is 15.8. The molecule has 2 bridgehead atoms. The molecular formula is C28H28BrNO5S. The number of fused-ring (bicyclic) bond motifs is 3. The molecule has 0 saturated heterocycles. The summed E-state index contributed by atoms with van der Waals surface area (Å²) in [7, 11) is 2.65. The third-order valence-corrected chi connectivity index (χ3v) is 9.76. The number of allylic oxidation sites excluding steroid dienone is 2. The van der Waals surface area contributed by atoms with Gasteiger partial charge in [0.05, 0.1) is 24.7 Å². The second-order valence-electron chi connectivity index (χ2n) is 9.24. The molecule has 188 valence electrons. The van der Waals surface area contributed by atoms with Gasteiger partial charge in [-0.25, -0.2) is 9.59 Å². The van der Waals surface area contributed by atoms with Gasteiger partial charge in [0.1, 0.15) is 5.57 Å². The number of likely N-dealkylation sites (N-methyl/N-ethyl adjacent to an activating group) is 1. The number of halogens is 1. The Morgan fingerprint density at radius 3 is 2.25 bits per heavy atom. The quantitative estimate of drug-likeness (QED) is 0.436. The summed E-state index contributed by atoms with van der Waals surface area (Å²) in [4.78, 5) is 30.5. The zero-order chi connectivity index (χ0) is 26.0. The van der Waals surface area contributed by atoms with Gasteiger partial charge in [-0.15, -0.1) is 11.8 Å². The third kappa shape index (κ3) is 2.89. The van der Waals surface area contributed by atoms with Gasteiger partial charge in [-0.2, -0.15) is 0 Å². The van der Waals surface area contributed by atoms with Crippen LogP contribution in [0.25, 0.3) is 0 Å². The van der Waals surface area contributed by atoms with Crippen molar-refractivity contribution < 1.29 is 23.8 Å². The minimum absolute atomic E-state index is 0.176. The van der Waals surface area contributed by atoms with Gasteiger partial charge in [-0.3, -0.25) is 0 Å². The van der Waals surface area contributed by atoms with Crippen molar-refractivity contribution >= 4 is 39.6 Å². The molecule has 36 heavy (non-hydrogen) atoms. The first kappa shape index (κ1) is 25.1. The highest BCUT2D eigenvalue weighted by Crippen LogP contribution is 2.72. The van der Waals surface area contributed by atoms with Crippen LogP contribution >= 0.6 is 27.7 Å². The number of thioether (sulfide) groups is 1. The molecule has 2 aromatic rings. The van der Waals surface area contributed by atoms with Gasteiger partial charge < -0.3 is 19.1 Å². The number of nitrogens with zero attached hydrogens (tertiary/aromatic N) is 1. The predicted molar refractivity (Wildman–Crippen MR) is 142 cm³/mol. The van der Waals surface area contributed by atoms with Crippen LogP contribution in [0.4, 0.5) is 0 Å². The Hall–Kier alpha value is -2.55. The molecule has 8 heteroatoms. The molecule has 1 unspecified atom stereocenters. The van der Waals surface area contributed by atoms with Gasteiger partial charge in [0, 0.05) is 27.2 Å². The molecule has 3 heterocycles. The van der Waals surface area contributed by atoms with Crippen molar-refractivity contribution in [1.82, 2.24) is 4.90 Å². The van der Waals surface area contributed by atoms with E-state index in [0.717, 1.165) is 26.2 Å². The zero-order valence-electron chi connectivity index (χ0n) is 21.1. The number of hydrogen-bond donors (Lipinski definition) is 0. The van der Waals surface area contributed by atoms with E-state index >= 15 is 0 Å². The van der Waals surface area contributed by atoms with E-state index in [4.69, 9.17) is 14.2 Å². The highest BCUT2D eigenvalue weighted by atomic mass is 79.9. The molecule has 0 N–H and O–H groups in total. The zero-order valence-corrected chi connectivity index (χ0v) is 23.5. The Morgan fingerprint density at radius 2 is 1.67 bits per heavy atom. The Balaban J connectivity index is 2.01. The Kier molecular flexibility index (Phi) is 5.93. The number of carbonyl (C=O) groups is 2. The van der Waals surface area contributed by atoms with Crippen molar-refractivity contribution in [3.63, 3.8) is 0 Å². The number of ether oxygens (including phenoxy) is 3. The highest BCUT2D eigenvalue weighted by molar-refractivity contribution is 9.10. The Labute approximate surface area is 223 Å². The minimum atomic E-state index is -1.75. The fourth-order valence-electron chi connectivity index (χ4n) is 6.02. The summed E-state index contributed by atoms with van der Waals surface area (Å²) in [6.45, 7) is 8.85. The largest absolute Gasteiger partial charge is 0.466 e. The molecule has 3 aliphatic rings. The fraction of sp³-hybridized carbons (Fsp3) is 0.357. The van der Waals surface area contributed by atoms with Gasteiger partial charge in [0.2, 0.25) is 5.60 Å². The molecule has 3 aliphatic heterocycles. The highest BCUT2D eigenvalue weighted by Gasteiger charge is 2.76. The first-order valence-corrected chi connectivity index (χ1v) is 13.4. The molecule has 5 rings (SSSR count). The van der Waals surface area contributed by atoms with Crippen LogP contribution in [0.3, 0.4) is 0 Å². The van der Waals surface area contributed by atoms with Crippen LogP contribution in [0.15, 0.2) is 74.9 Å². The van der Waals surface area contributed by atoms with Gasteiger partial charge >= 0.3 is 11.9 Å². The van der Waals surface area contributed by atoms with Crippen LogP contribution in [0.5, 0.6) is 0 Å². The second kappa shape index (κ2) is 8.50. The van der Waals surface area contributed by atoms with Crippen LogP contribution in [-0.2, 0) is 39.7 Å². The molecule has 0 aromatic heterocycles. The van der Waals surface area contributed by atoms with Crippen LogP contribution in [0.2, 0.25) is 0 Å². The van der Waals surface area contributed by atoms with Crippen LogP contribution in [0, 0.1) is 0 Å². The minimum Gasteiger partial charge on any atom is -0.466 e. The number of esters is 2. The first-order chi connectivity index (χ1) is 17.1. The third-order valence-electron chi connectivity index (χ3n) is 7.70. The molecule has 1 spiro atoms. The first-order valence-electron chi connectivity index (χ1n) is 11.8. The average molecular weight is 571 g/mol. The number of hydrogen-bond acceptors (Lipinski definition) is 7. The number of rotatable bonds is 4. The van der Waals surface area contributed by atoms with Crippen molar-refractivity contribution in [3.8, 4) is 0 Å². The van der Waals surface area contributed by atoms with Crippen molar-refractivity contribution in [2.24, 2.45) is 0 Å². The molecular weight excluding hydrogens is 542 g/mol. The standard InChI is InChI=1S/C28H28BrNO5S/c1-7-30-16(2)17(3)36-26(4,18-12-14-19(29)15-13-18)28-21-11-9-8-10-20(21)27(35-28,25(32)34-6)22(23(28)30)24(31)33-5/h8-15H,7H2,1-6H3/t26?,27-,28+/m0/s1. The molecule has 0 radical (unpaired) electrons. The second-order valence-corrected chi connectivity index (χ2v) is 11.8. The maximum atomic E-state index is 13.7. The van der Waals surface area contributed by atoms with E-state index in [2.05, 4.69) is 46.8 Å².